The molecule has 0 amide bonds. The molecule has 3 nitrogen and oxygen atoms in total. The molecule has 1 aliphatic heterocycles. The fourth-order valence-electron chi connectivity index (χ4n) is 3.69. The third-order valence-corrected chi connectivity index (χ3v) is 7.71. The fraction of sp³-hybridized carbons (Fsp3) is 0.300. The molecule has 25 heavy (non-hydrogen) atoms. The molecule has 130 valence electrons. The number of fused-ring (bicyclic) bond motifs is 1. The van der Waals surface area contributed by atoms with Gasteiger partial charge in [-0.25, -0.2) is 8.42 Å². The first-order valence-electron chi connectivity index (χ1n) is 8.36. The van der Waals surface area contributed by atoms with E-state index < -0.39 is 10.0 Å². The Kier molecular flexibility index (Phi) is 3.85. The summed E-state index contributed by atoms with van der Waals surface area (Å²) >= 11 is 3.46. The van der Waals surface area contributed by atoms with E-state index in [4.69, 9.17) is 0 Å². The summed E-state index contributed by atoms with van der Waals surface area (Å²) in [6.07, 6.45) is 4.84. The van der Waals surface area contributed by atoms with Crippen LogP contribution in [0.3, 0.4) is 0 Å². The van der Waals surface area contributed by atoms with Crippen molar-refractivity contribution in [3.05, 3.63) is 76.4 Å². The molecular weight excluding hydrogens is 398 g/mol. The minimum absolute atomic E-state index is 0.108. The van der Waals surface area contributed by atoms with Gasteiger partial charge in [0.1, 0.15) is 0 Å². The number of rotatable bonds is 3. The minimum atomic E-state index is -3.58. The van der Waals surface area contributed by atoms with Gasteiger partial charge in [0.25, 0.3) is 10.0 Å². The Bertz CT molecular complexity index is 935. The van der Waals surface area contributed by atoms with Crippen LogP contribution in [0.25, 0.3) is 0 Å². The topological polar surface area (TPSA) is 37.4 Å². The van der Waals surface area contributed by atoms with Crippen molar-refractivity contribution in [3.8, 4) is 0 Å². The van der Waals surface area contributed by atoms with Crippen LogP contribution in [-0.2, 0) is 10.0 Å². The summed E-state index contributed by atoms with van der Waals surface area (Å²) in [4.78, 5) is 0.342. The van der Waals surface area contributed by atoms with Crippen LogP contribution in [-0.4, -0.2) is 12.7 Å². The predicted molar refractivity (Wildman–Crippen MR) is 102 cm³/mol. The third kappa shape index (κ3) is 2.83. The summed E-state index contributed by atoms with van der Waals surface area (Å²) in [5, 5.41) is 0. The molecule has 5 heteroatoms. The molecule has 1 saturated carbocycles. The molecule has 1 fully saturated rings. The lowest BCUT2D eigenvalue weighted by Gasteiger charge is -2.35. The van der Waals surface area contributed by atoms with Crippen molar-refractivity contribution in [2.45, 2.75) is 31.2 Å². The molecule has 2 aromatic carbocycles. The minimum Gasteiger partial charge on any atom is -0.266 e. The Labute approximate surface area is 157 Å². The van der Waals surface area contributed by atoms with E-state index in [0.29, 0.717) is 10.8 Å². The van der Waals surface area contributed by atoms with E-state index in [1.165, 1.54) is 0 Å². The maximum absolute atomic E-state index is 13.3. The fourth-order valence-corrected chi connectivity index (χ4v) is 5.47. The van der Waals surface area contributed by atoms with Gasteiger partial charge in [-0.1, -0.05) is 58.8 Å². The van der Waals surface area contributed by atoms with Crippen molar-refractivity contribution >= 4 is 26.0 Å². The quantitative estimate of drug-likeness (QED) is 0.700. The zero-order chi connectivity index (χ0) is 17.8. The van der Waals surface area contributed by atoms with Gasteiger partial charge in [0.2, 0.25) is 0 Å². The van der Waals surface area contributed by atoms with Gasteiger partial charge < -0.3 is 0 Å². The second-order valence-electron chi connectivity index (χ2n) is 7.28. The molecule has 0 unspecified atom stereocenters. The van der Waals surface area contributed by atoms with Crippen molar-refractivity contribution in [2.24, 2.45) is 11.3 Å². The van der Waals surface area contributed by atoms with Crippen LogP contribution in [0.15, 0.2) is 70.2 Å². The highest BCUT2D eigenvalue weighted by atomic mass is 79.9. The largest absolute Gasteiger partial charge is 0.266 e. The molecule has 1 heterocycles. The third-order valence-electron chi connectivity index (χ3n) is 5.41. The summed E-state index contributed by atoms with van der Waals surface area (Å²) in [6.45, 7) is 4.16. The lowest BCUT2D eigenvalue weighted by molar-refractivity contribution is 0.323. The van der Waals surface area contributed by atoms with Gasteiger partial charge in [-0.15, -0.1) is 0 Å². The smallest absolute Gasteiger partial charge is 0.264 e. The number of allylic oxidation sites excluding steroid dienone is 1. The SMILES string of the molecule is Cc1ccc(S(=O)(=O)N2C=C[C@]3(C)C[C@@H]3[C@H]2c2ccc(Br)cc2)cc1. The van der Waals surface area contributed by atoms with Gasteiger partial charge in [-0.05, 0) is 54.5 Å². The first kappa shape index (κ1) is 16.9. The normalized spacial score (nSPS) is 27.9. The molecule has 4 rings (SSSR count). The summed E-state index contributed by atoms with van der Waals surface area (Å²) in [6, 6.07) is 14.9. The van der Waals surface area contributed by atoms with E-state index in [1.54, 1.807) is 22.6 Å². The number of aryl methyl sites for hydroxylation is 1. The van der Waals surface area contributed by atoms with E-state index in [9.17, 15) is 8.42 Å². The summed E-state index contributed by atoms with van der Waals surface area (Å²) in [7, 11) is -3.58. The van der Waals surface area contributed by atoms with Crippen molar-refractivity contribution in [1.29, 1.82) is 0 Å². The van der Waals surface area contributed by atoms with Crippen LogP contribution in [0.5, 0.6) is 0 Å². The number of hydrogen-bond donors (Lipinski definition) is 0. The number of sulfonamides is 1. The molecule has 0 N–H and O–H groups in total. The van der Waals surface area contributed by atoms with E-state index in [-0.39, 0.29) is 11.5 Å². The highest BCUT2D eigenvalue weighted by Crippen LogP contribution is 2.63. The van der Waals surface area contributed by atoms with Gasteiger partial charge in [-0.3, -0.25) is 4.31 Å². The van der Waals surface area contributed by atoms with E-state index in [2.05, 4.69) is 28.9 Å². The molecule has 1 aliphatic carbocycles. The highest BCUT2D eigenvalue weighted by Gasteiger charge is 2.57. The molecule has 0 radical (unpaired) electrons. The van der Waals surface area contributed by atoms with Gasteiger partial charge >= 0.3 is 0 Å². The first-order chi connectivity index (χ1) is 11.8. The van der Waals surface area contributed by atoms with Crippen LogP contribution in [0.2, 0.25) is 0 Å². The van der Waals surface area contributed by atoms with Crippen LogP contribution in [0, 0.1) is 18.3 Å². The summed E-state index contributed by atoms with van der Waals surface area (Å²) in [5.41, 5.74) is 2.20. The average molecular weight is 418 g/mol. The Hall–Kier alpha value is -1.59. The Morgan fingerprint density at radius 2 is 1.72 bits per heavy atom. The van der Waals surface area contributed by atoms with Crippen molar-refractivity contribution in [3.63, 3.8) is 0 Å². The standard InChI is InChI=1S/C20H20BrNO2S/c1-14-3-9-17(10-4-14)25(23,24)22-12-11-20(2)13-18(20)19(22)15-5-7-16(21)8-6-15/h3-12,18-19H,13H2,1-2H3/t18-,19-,20-/m1/s1. The maximum Gasteiger partial charge on any atom is 0.264 e. The molecule has 0 saturated heterocycles. The van der Waals surface area contributed by atoms with E-state index in [0.717, 1.165) is 22.0 Å². The lowest BCUT2D eigenvalue weighted by Crippen LogP contribution is -2.35. The van der Waals surface area contributed by atoms with Gasteiger partial charge in [0, 0.05) is 10.7 Å². The van der Waals surface area contributed by atoms with Crippen LogP contribution in [0.1, 0.15) is 30.5 Å². The molecular formula is C20H20BrNO2S. The second-order valence-corrected chi connectivity index (χ2v) is 10.0. The number of benzene rings is 2. The average Bonchev–Trinajstić information content (AvgIpc) is 3.27. The molecule has 0 spiro atoms. The number of hydrogen-bond acceptors (Lipinski definition) is 2. The van der Waals surface area contributed by atoms with Crippen LogP contribution in [0.4, 0.5) is 0 Å². The zero-order valence-corrected chi connectivity index (χ0v) is 16.6. The Balaban J connectivity index is 1.79. The summed E-state index contributed by atoms with van der Waals surface area (Å²) in [5.74, 6) is 0.318. The van der Waals surface area contributed by atoms with Crippen molar-refractivity contribution < 1.29 is 8.42 Å². The molecule has 0 aromatic heterocycles. The lowest BCUT2D eigenvalue weighted by atomic mass is 9.93. The number of nitrogens with zero attached hydrogens (tertiary/aromatic N) is 1. The van der Waals surface area contributed by atoms with Crippen LogP contribution < -0.4 is 0 Å². The van der Waals surface area contributed by atoms with E-state index >= 15 is 0 Å². The molecule has 2 aromatic rings. The Morgan fingerprint density at radius 3 is 2.36 bits per heavy atom. The molecule has 0 bridgehead atoms. The first-order valence-corrected chi connectivity index (χ1v) is 10.6. The molecule has 3 atom stereocenters. The maximum atomic E-state index is 13.3. The van der Waals surface area contributed by atoms with Gasteiger partial charge in [0.05, 0.1) is 10.9 Å². The Morgan fingerprint density at radius 1 is 1.08 bits per heavy atom. The predicted octanol–water partition coefficient (Wildman–Crippen LogP) is 5.04. The van der Waals surface area contributed by atoms with E-state index in [1.807, 2.05) is 43.3 Å². The highest BCUT2D eigenvalue weighted by molar-refractivity contribution is 9.10. The monoisotopic (exact) mass is 417 g/mol. The van der Waals surface area contributed by atoms with Gasteiger partial charge in [-0.2, -0.15) is 0 Å². The number of halogens is 1. The zero-order valence-electron chi connectivity index (χ0n) is 14.2. The van der Waals surface area contributed by atoms with Crippen LogP contribution >= 0.6 is 15.9 Å². The van der Waals surface area contributed by atoms with Gasteiger partial charge in [0.15, 0.2) is 0 Å². The van der Waals surface area contributed by atoms with Crippen molar-refractivity contribution in [2.75, 3.05) is 0 Å². The second kappa shape index (κ2) is 5.71. The molecule has 2 aliphatic rings. The summed E-state index contributed by atoms with van der Waals surface area (Å²) < 4.78 is 29.1. The van der Waals surface area contributed by atoms with Crippen molar-refractivity contribution in [1.82, 2.24) is 4.31 Å².